The van der Waals surface area contributed by atoms with Gasteiger partial charge in [-0.25, -0.2) is 4.79 Å². The van der Waals surface area contributed by atoms with Gasteiger partial charge in [0.25, 0.3) is 0 Å². The van der Waals surface area contributed by atoms with E-state index >= 15 is 0 Å². The molecule has 2 aromatic rings. The predicted octanol–water partition coefficient (Wildman–Crippen LogP) is 2.53. The van der Waals surface area contributed by atoms with Gasteiger partial charge in [-0.3, -0.25) is 9.97 Å². The number of anilines is 1. The number of nitrogens with zero attached hydrogens (tertiary/aromatic N) is 3. The molecule has 0 aliphatic carbocycles. The zero-order valence-corrected chi connectivity index (χ0v) is 11.7. The van der Waals surface area contributed by atoms with Gasteiger partial charge >= 0.3 is 5.97 Å². The van der Waals surface area contributed by atoms with Gasteiger partial charge in [0.1, 0.15) is 16.6 Å². The van der Waals surface area contributed by atoms with E-state index in [9.17, 15) is 4.79 Å². The molecule has 2 rings (SSSR count). The van der Waals surface area contributed by atoms with E-state index in [1.165, 1.54) is 6.20 Å². The molecule has 0 amide bonds. The predicted molar refractivity (Wildman–Crippen MR) is 74.8 cm³/mol. The van der Waals surface area contributed by atoms with Crippen LogP contribution in [-0.4, -0.2) is 36.6 Å². The molecule has 6 heteroatoms. The average Bonchev–Trinajstić information content (AvgIpc) is 2.37. The normalized spacial score (nSPS) is 10.5. The Balaban J connectivity index is 2.73. The Morgan fingerprint density at radius 2 is 2.11 bits per heavy atom. The van der Waals surface area contributed by atoms with Crippen LogP contribution in [0.2, 0.25) is 5.02 Å². The van der Waals surface area contributed by atoms with Crippen LogP contribution in [0.15, 0.2) is 18.5 Å². The molecule has 0 unspecified atom stereocenters. The summed E-state index contributed by atoms with van der Waals surface area (Å²) >= 11 is 6.09. The van der Waals surface area contributed by atoms with Crippen LogP contribution in [0.5, 0.6) is 0 Å². The van der Waals surface area contributed by atoms with Crippen LogP contribution in [0.1, 0.15) is 17.3 Å². The van der Waals surface area contributed by atoms with Crippen molar-refractivity contribution in [3.05, 3.63) is 29.0 Å². The lowest BCUT2D eigenvalue weighted by Gasteiger charge is -2.18. The molecule has 0 bridgehead atoms. The fourth-order valence-corrected chi connectivity index (χ4v) is 2.05. The van der Waals surface area contributed by atoms with E-state index in [0.717, 1.165) is 0 Å². The van der Waals surface area contributed by atoms with E-state index in [0.29, 0.717) is 33.9 Å². The summed E-state index contributed by atoms with van der Waals surface area (Å²) in [5, 5.41) is 0.503. The maximum absolute atomic E-state index is 11.9. The summed E-state index contributed by atoms with van der Waals surface area (Å²) in [6.07, 6.45) is 3.07. The topological polar surface area (TPSA) is 55.3 Å². The number of fused-ring (bicyclic) bond motifs is 1. The van der Waals surface area contributed by atoms with Crippen molar-refractivity contribution in [2.45, 2.75) is 6.92 Å². The first-order valence-electron chi connectivity index (χ1n) is 5.84. The first-order chi connectivity index (χ1) is 9.06. The maximum Gasteiger partial charge on any atom is 0.341 e. The molecule has 0 radical (unpaired) electrons. The van der Waals surface area contributed by atoms with Crippen LogP contribution in [-0.2, 0) is 4.74 Å². The smallest absolute Gasteiger partial charge is 0.341 e. The monoisotopic (exact) mass is 279 g/mol. The van der Waals surface area contributed by atoms with E-state index in [2.05, 4.69) is 9.97 Å². The second-order valence-electron chi connectivity index (χ2n) is 4.13. The third-order valence-electron chi connectivity index (χ3n) is 2.62. The zero-order chi connectivity index (χ0) is 14.0. The summed E-state index contributed by atoms with van der Waals surface area (Å²) in [7, 11) is 3.67. The molecule has 0 aliphatic rings. The Kier molecular flexibility index (Phi) is 3.85. The molecule has 5 nitrogen and oxygen atoms in total. The Morgan fingerprint density at radius 3 is 2.74 bits per heavy atom. The highest BCUT2D eigenvalue weighted by atomic mass is 35.5. The number of carbonyl (C=O) groups is 1. The molecule has 100 valence electrons. The van der Waals surface area contributed by atoms with E-state index in [1.807, 2.05) is 14.1 Å². The third kappa shape index (κ3) is 2.46. The van der Waals surface area contributed by atoms with E-state index in [1.54, 1.807) is 24.1 Å². The van der Waals surface area contributed by atoms with Gasteiger partial charge in [-0.2, -0.15) is 0 Å². The number of pyridine rings is 2. The van der Waals surface area contributed by atoms with Crippen LogP contribution in [0, 0.1) is 0 Å². The van der Waals surface area contributed by atoms with Crippen molar-refractivity contribution in [3.63, 3.8) is 0 Å². The van der Waals surface area contributed by atoms with Gasteiger partial charge in [0, 0.05) is 26.5 Å². The second-order valence-corrected chi connectivity index (χ2v) is 4.53. The minimum atomic E-state index is -0.414. The van der Waals surface area contributed by atoms with Crippen LogP contribution in [0.3, 0.4) is 0 Å². The quantitative estimate of drug-likeness (QED) is 0.808. The Bertz CT molecular complexity index is 629. The van der Waals surface area contributed by atoms with Gasteiger partial charge in [-0.05, 0) is 13.0 Å². The van der Waals surface area contributed by atoms with Gasteiger partial charge in [-0.15, -0.1) is 0 Å². The molecular formula is C13H14ClN3O2. The molecule has 19 heavy (non-hydrogen) atoms. The fourth-order valence-electron chi connectivity index (χ4n) is 1.86. The Morgan fingerprint density at radius 1 is 1.37 bits per heavy atom. The highest BCUT2D eigenvalue weighted by Gasteiger charge is 2.19. The highest BCUT2D eigenvalue weighted by Crippen LogP contribution is 2.30. The Hall–Kier alpha value is -1.88. The summed E-state index contributed by atoms with van der Waals surface area (Å²) in [5.41, 5.74) is 2.20. The lowest BCUT2D eigenvalue weighted by atomic mass is 10.1. The molecular weight excluding hydrogens is 266 g/mol. The zero-order valence-electron chi connectivity index (χ0n) is 11.0. The molecule has 0 spiro atoms. The summed E-state index contributed by atoms with van der Waals surface area (Å²) in [6.45, 7) is 2.07. The van der Waals surface area contributed by atoms with Gasteiger partial charge in [-0.1, -0.05) is 11.6 Å². The van der Waals surface area contributed by atoms with Crippen molar-refractivity contribution in [3.8, 4) is 0 Å². The van der Waals surface area contributed by atoms with Crippen LogP contribution in [0.25, 0.3) is 11.0 Å². The van der Waals surface area contributed by atoms with E-state index in [-0.39, 0.29) is 0 Å². The van der Waals surface area contributed by atoms with Crippen LogP contribution >= 0.6 is 11.6 Å². The lowest BCUT2D eigenvalue weighted by Crippen LogP contribution is -2.17. The van der Waals surface area contributed by atoms with E-state index < -0.39 is 5.97 Å². The molecule has 0 saturated carbocycles. The average molecular weight is 280 g/mol. The number of ether oxygens (including phenoxy) is 1. The molecule has 0 fully saturated rings. The number of carbonyl (C=O) groups excluding carboxylic acids is 1. The van der Waals surface area contributed by atoms with Crippen molar-refractivity contribution in [1.82, 2.24) is 9.97 Å². The number of hydrogen-bond donors (Lipinski definition) is 0. The number of hydrogen-bond acceptors (Lipinski definition) is 5. The van der Waals surface area contributed by atoms with Crippen molar-refractivity contribution in [2.75, 3.05) is 25.6 Å². The first kappa shape index (κ1) is 13.5. The first-order valence-corrected chi connectivity index (χ1v) is 6.21. The van der Waals surface area contributed by atoms with Gasteiger partial charge in [0.15, 0.2) is 0 Å². The minimum absolute atomic E-state index is 0.312. The summed E-state index contributed by atoms with van der Waals surface area (Å²) in [4.78, 5) is 22.2. The number of esters is 1. The van der Waals surface area contributed by atoms with Gasteiger partial charge < -0.3 is 9.64 Å². The van der Waals surface area contributed by atoms with Crippen molar-refractivity contribution >= 4 is 34.3 Å². The third-order valence-corrected chi connectivity index (χ3v) is 2.92. The van der Waals surface area contributed by atoms with Crippen LogP contribution < -0.4 is 4.90 Å². The van der Waals surface area contributed by atoms with Crippen LogP contribution in [0.4, 0.5) is 5.69 Å². The fraction of sp³-hybridized carbons (Fsp3) is 0.308. The Labute approximate surface area is 116 Å². The second kappa shape index (κ2) is 5.40. The summed E-state index contributed by atoms with van der Waals surface area (Å²) < 4.78 is 5.03. The standard InChI is InChI=1S/C13H14ClN3O2/c1-4-19-13(18)8-7-16-10-9(14)5-6-15-11(10)12(8)17(2)3/h5-7H,4H2,1-3H3. The molecule has 2 heterocycles. The summed E-state index contributed by atoms with van der Waals surface area (Å²) in [5.74, 6) is -0.414. The maximum atomic E-state index is 11.9. The van der Waals surface area contributed by atoms with Crippen molar-refractivity contribution < 1.29 is 9.53 Å². The summed E-state index contributed by atoms with van der Waals surface area (Å²) in [6, 6.07) is 1.67. The highest BCUT2D eigenvalue weighted by molar-refractivity contribution is 6.35. The van der Waals surface area contributed by atoms with E-state index in [4.69, 9.17) is 16.3 Å². The molecule has 2 aromatic heterocycles. The number of aromatic nitrogens is 2. The van der Waals surface area contributed by atoms with Crippen molar-refractivity contribution in [1.29, 1.82) is 0 Å². The van der Waals surface area contributed by atoms with Crippen molar-refractivity contribution in [2.24, 2.45) is 0 Å². The molecule has 0 aliphatic heterocycles. The molecule has 0 saturated heterocycles. The minimum Gasteiger partial charge on any atom is -0.462 e. The number of halogens is 1. The van der Waals surface area contributed by atoms with Gasteiger partial charge in [0.2, 0.25) is 0 Å². The van der Waals surface area contributed by atoms with Gasteiger partial charge in [0.05, 0.1) is 17.3 Å². The molecule has 0 aromatic carbocycles. The largest absolute Gasteiger partial charge is 0.462 e. The SMILES string of the molecule is CCOC(=O)c1cnc2c(Cl)ccnc2c1N(C)C. The molecule has 0 N–H and O–H groups in total. The lowest BCUT2D eigenvalue weighted by molar-refractivity contribution is 0.0527. The molecule has 0 atom stereocenters. The number of rotatable bonds is 3.